The molecule has 5 heteroatoms. The van der Waals surface area contributed by atoms with E-state index in [0.29, 0.717) is 13.0 Å². The minimum Gasteiger partial charge on any atom is -0.504 e. The third-order valence-corrected chi connectivity index (χ3v) is 4.79. The number of fused-ring (bicyclic) bond motifs is 4. The number of aromatic hydroxyl groups is 4. The monoisotopic (exact) mass is 299 g/mol. The Balaban J connectivity index is 1.79. The lowest BCUT2D eigenvalue weighted by molar-refractivity contribution is 0.160. The Hall–Kier alpha value is -2.40. The lowest BCUT2D eigenvalue weighted by atomic mass is 9.83. The molecule has 0 saturated carbocycles. The second-order valence-electron chi connectivity index (χ2n) is 6.09. The van der Waals surface area contributed by atoms with Crippen LogP contribution in [0.25, 0.3) is 0 Å². The Kier molecular flexibility index (Phi) is 2.74. The van der Waals surface area contributed by atoms with Crippen LogP contribution in [-0.4, -0.2) is 31.9 Å². The van der Waals surface area contributed by atoms with Crippen LogP contribution in [-0.2, 0) is 19.4 Å². The summed E-state index contributed by atoms with van der Waals surface area (Å²) in [5.41, 5.74) is 4.12. The number of benzene rings is 2. The van der Waals surface area contributed by atoms with Crippen molar-refractivity contribution in [2.75, 3.05) is 6.54 Å². The number of hydrogen-bond donors (Lipinski definition) is 4. The molecule has 0 aromatic heterocycles. The smallest absolute Gasteiger partial charge is 0.157 e. The molecule has 1 unspecified atom stereocenters. The van der Waals surface area contributed by atoms with E-state index in [1.807, 2.05) is 0 Å². The van der Waals surface area contributed by atoms with E-state index in [9.17, 15) is 20.4 Å². The molecule has 0 saturated heterocycles. The normalized spacial score (nSPS) is 20.1. The van der Waals surface area contributed by atoms with Gasteiger partial charge in [0.15, 0.2) is 23.0 Å². The summed E-state index contributed by atoms with van der Waals surface area (Å²) < 4.78 is 0. The molecule has 4 N–H and O–H groups in total. The molecule has 114 valence electrons. The number of phenols is 4. The van der Waals surface area contributed by atoms with Crippen LogP contribution in [0.2, 0.25) is 0 Å². The first-order valence-electron chi connectivity index (χ1n) is 7.35. The highest BCUT2D eigenvalue weighted by Gasteiger charge is 2.33. The van der Waals surface area contributed by atoms with E-state index in [-0.39, 0.29) is 29.0 Å². The summed E-state index contributed by atoms with van der Waals surface area (Å²) in [5.74, 6) is -0.361. The average molecular weight is 299 g/mol. The van der Waals surface area contributed by atoms with Gasteiger partial charge < -0.3 is 20.4 Å². The standard InChI is InChI=1S/C17H17NO4/c19-14-4-9-1-2-18-8-11-6-16(21)15(20)5-10(11)3-13(18)12(9)7-17(14)22/h4-7,13,19-22H,1-3,8H2. The van der Waals surface area contributed by atoms with E-state index in [1.165, 1.54) is 0 Å². The van der Waals surface area contributed by atoms with Gasteiger partial charge in [0.05, 0.1) is 0 Å². The molecule has 2 heterocycles. The zero-order chi connectivity index (χ0) is 15.4. The van der Waals surface area contributed by atoms with Gasteiger partial charge >= 0.3 is 0 Å². The van der Waals surface area contributed by atoms with Crippen LogP contribution in [0.1, 0.15) is 28.3 Å². The van der Waals surface area contributed by atoms with Gasteiger partial charge in [-0.25, -0.2) is 0 Å². The molecule has 22 heavy (non-hydrogen) atoms. The molecule has 4 rings (SSSR count). The van der Waals surface area contributed by atoms with E-state index in [4.69, 9.17) is 0 Å². The topological polar surface area (TPSA) is 84.2 Å². The van der Waals surface area contributed by atoms with Crippen molar-refractivity contribution >= 4 is 0 Å². The van der Waals surface area contributed by atoms with Gasteiger partial charge in [-0.3, -0.25) is 4.90 Å². The van der Waals surface area contributed by atoms with Crippen molar-refractivity contribution in [3.8, 4) is 23.0 Å². The van der Waals surface area contributed by atoms with Crippen molar-refractivity contribution < 1.29 is 20.4 Å². The SMILES string of the molecule is Oc1cc2c(cc1O)CN1CCc3cc(O)c(O)cc3C1C2. The minimum atomic E-state index is -0.100. The quantitative estimate of drug-likeness (QED) is 0.560. The first kappa shape index (κ1) is 13.3. The molecule has 5 nitrogen and oxygen atoms in total. The van der Waals surface area contributed by atoms with Crippen molar-refractivity contribution in [2.24, 2.45) is 0 Å². The number of nitrogens with zero attached hydrogens (tertiary/aromatic N) is 1. The Bertz CT molecular complexity index is 772. The number of rotatable bonds is 0. The van der Waals surface area contributed by atoms with E-state index >= 15 is 0 Å². The van der Waals surface area contributed by atoms with Crippen molar-refractivity contribution in [1.82, 2.24) is 4.90 Å². The second-order valence-corrected chi connectivity index (χ2v) is 6.09. The Morgan fingerprint density at radius 2 is 1.36 bits per heavy atom. The first-order valence-corrected chi connectivity index (χ1v) is 7.35. The first-order chi connectivity index (χ1) is 10.5. The Morgan fingerprint density at radius 3 is 2.09 bits per heavy atom. The molecule has 2 aromatic rings. The summed E-state index contributed by atoms with van der Waals surface area (Å²) >= 11 is 0. The van der Waals surface area contributed by atoms with E-state index in [2.05, 4.69) is 4.90 Å². The van der Waals surface area contributed by atoms with Crippen LogP contribution in [0.15, 0.2) is 24.3 Å². The minimum absolute atomic E-state index is 0.0778. The van der Waals surface area contributed by atoms with Gasteiger partial charge in [-0.2, -0.15) is 0 Å². The largest absolute Gasteiger partial charge is 0.504 e. The highest BCUT2D eigenvalue weighted by molar-refractivity contribution is 5.51. The van der Waals surface area contributed by atoms with Crippen LogP contribution >= 0.6 is 0 Å². The van der Waals surface area contributed by atoms with Gasteiger partial charge in [0.25, 0.3) is 0 Å². The van der Waals surface area contributed by atoms with E-state index < -0.39 is 0 Å². The van der Waals surface area contributed by atoms with Crippen LogP contribution in [0, 0.1) is 0 Å². The van der Waals surface area contributed by atoms with Crippen molar-refractivity contribution in [3.05, 3.63) is 46.5 Å². The van der Waals surface area contributed by atoms with Gasteiger partial charge in [-0.05, 0) is 59.4 Å². The predicted octanol–water partition coefficient (Wildman–Crippen LogP) is 2.16. The van der Waals surface area contributed by atoms with Gasteiger partial charge in [0.2, 0.25) is 0 Å². The fourth-order valence-electron chi connectivity index (χ4n) is 3.64. The highest BCUT2D eigenvalue weighted by atomic mass is 16.3. The number of hydrogen-bond acceptors (Lipinski definition) is 5. The zero-order valence-corrected chi connectivity index (χ0v) is 12.0. The highest BCUT2D eigenvalue weighted by Crippen LogP contribution is 2.43. The third-order valence-electron chi connectivity index (χ3n) is 4.79. The van der Waals surface area contributed by atoms with E-state index in [1.54, 1.807) is 24.3 Å². The molecule has 2 aliphatic heterocycles. The lowest BCUT2D eigenvalue weighted by Gasteiger charge is -2.41. The summed E-state index contributed by atoms with van der Waals surface area (Å²) in [5, 5.41) is 38.8. The summed E-state index contributed by atoms with van der Waals surface area (Å²) in [4.78, 5) is 2.30. The van der Waals surface area contributed by atoms with Crippen molar-refractivity contribution in [3.63, 3.8) is 0 Å². The summed E-state index contributed by atoms with van der Waals surface area (Å²) in [6, 6.07) is 6.66. The van der Waals surface area contributed by atoms with Crippen molar-refractivity contribution in [2.45, 2.75) is 25.4 Å². The fourth-order valence-corrected chi connectivity index (χ4v) is 3.64. The summed E-state index contributed by atoms with van der Waals surface area (Å²) in [7, 11) is 0. The maximum atomic E-state index is 9.80. The van der Waals surface area contributed by atoms with Gasteiger partial charge in [-0.15, -0.1) is 0 Å². The second kappa shape index (κ2) is 4.55. The lowest BCUT2D eigenvalue weighted by Crippen LogP contribution is -2.39. The molecule has 2 aromatic carbocycles. The summed E-state index contributed by atoms with van der Waals surface area (Å²) in [6.45, 7) is 1.57. The molecular formula is C17H17NO4. The Labute approximate surface area is 127 Å². The van der Waals surface area contributed by atoms with Gasteiger partial charge in [0.1, 0.15) is 0 Å². The molecule has 0 spiro atoms. The molecular weight excluding hydrogens is 282 g/mol. The van der Waals surface area contributed by atoms with Gasteiger partial charge in [-0.1, -0.05) is 0 Å². The maximum absolute atomic E-state index is 9.80. The van der Waals surface area contributed by atoms with Gasteiger partial charge in [0, 0.05) is 19.1 Å². The van der Waals surface area contributed by atoms with Crippen LogP contribution in [0.3, 0.4) is 0 Å². The zero-order valence-electron chi connectivity index (χ0n) is 12.0. The predicted molar refractivity (Wildman–Crippen MR) is 80.1 cm³/mol. The maximum Gasteiger partial charge on any atom is 0.157 e. The molecule has 0 amide bonds. The molecule has 0 fully saturated rings. The van der Waals surface area contributed by atoms with Crippen LogP contribution < -0.4 is 0 Å². The average Bonchev–Trinajstić information content (AvgIpc) is 2.48. The third kappa shape index (κ3) is 1.89. The number of phenolic OH excluding ortho intramolecular Hbond substituents is 4. The van der Waals surface area contributed by atoms with Crippen LogP contribution in [0.4, 0.5) is 0 Å². The van der Waals surface area contributed by atoms with Crippen molar-refractivity contribution in [1.29, 1.82) is 0 Å². The van der Waals surface area contributed by atoms with Crippen LogP contribution in [0.5, 0.6) is 23.0 Å². The van der Waals surface area contributed by atoms with E-state index in [0.717, 1.165) is 35.2 Å². The molecule has 0 radical (unpaired) electrons. The molecule has 0 aliphatic carbocycles. The Morgan fingerprint density at radius 1 is 0.773 bits per heavy atom. The molecule has 0 bridgehead atoms. The summed E-state index contributed by atoms with van der Waals surface area (Å²) in [6.07, 6.45) is 1.53. The molecule has 1 atom stereocenters. The molecule has 2 aliphatic rings. The fraction of sp³-hybridized carbons (Fsp3) is 0.294.